The van der Waals surface area contributed by atoms with Crippen molar-refractivity contribution in [3.05, 3.63) is 29.8 Å². The number of nitrogens with zero attached hydrogens (tertiary/aromatic N) is 2. The molecular weight excluding hydrogens is 328 g/mol. The van der Waals surface area contributed by atoms with Crippen LogP contribution in [-0.4, -0.2) is 69.3 Å². The molecule has 2 fully saturated rings. The van der Waals surface area contributed by atoms with Crippen molar-refractivity contribution in [1.29, 1.82) is 0 Å². The molecule has 0 aromatic heterocycles. The van der Waals surface area contributed by atoms with Crippen molar-refractivity contribution in [1.82, 2.24) is 9.80 Å². The summed E-state index contributed by atoms with van der Waals surface area (Å²) in [4.78, 5) is 17.1. The summed E-state index contributed by atoms with van der Waals surface area (Å²) >= 11 is 0. The number of carbonyl (C=O) groups excluding carboxylic acids is 1. The molecule has 0 aliphatic carbocycles. The van der Waals surface area contributed by atoms with Gasteiger partial charge in [0.05, 0.1) is 12.0 Å². The number of amides is 1. The van der Waals surface area contributed by atoms with E-state index in [1.807, 2.05) is 26.2 Å². The average molecular weight is 360 g/mol. The van der Waals surface area contributed by atoms with Crippen molar-refractivity contribution < 1.29 is 14.3 Å². The molecule has 5 heteroatoms. The van der Waals surface area contributed by atoms with Crippen LogP contribution in [0.1, 0.15) is 37.7 Å². The molecule has 2 saturated heterocycles. The summed E-state index contributed by atoms with van der Waals surface area (Å²) in [7, 11) is 3.66. The Labute approximate surface area is 157 Å². The fourth-order valence-corrected chi connectivity index (χ4v) is 4.13. The summed E-state index contributed by atoms with van der Waals surface area (Å²) in [6.07, 6.45) is 5.20. The molecule has 0 unspecified atom stereocenters. The molecule has 0 saturated carbocycles. The molecule has 2 heterocycles. The fraction of sp³-hybridized carbons (Fsp3) is 0.667. The van der Waals surface area contributed by atoms with Crippen LogP contribution in [0.15, 0.2) is 24.3 Å². The number of ether oxygens (including phenoxy) is 2. The zero-order valence-electron chi connectivity index (χ0n) is 16.2. The molecule has 3 rings (SSSR count). The maximum absolute atomic E-state index is 12.9. The quantitative estimate of drug-likeness (QED) is 0.701. The number of rotatable bonds is 7. The minimum absolute atomic E-state index is 0.167. The van der Waals surface area contributed by atoms with Crippen molar-refractivity contribution in [2.24, 2.45) is 0 Å². The number of hydrogen-bond acceptors (Lipinski definition) is 4. The minimum Gasteiger partial charge on any atom is -0.494 e. The summed E-state index contributed by atoms with van der Waals surface area (Å²) in [6, 6.07) is 8.13. The van der Waals surface area contributed by atoms with Gasteiger partial charge in [-0.05, 0) is 62.9 Å². The maximum atomic E-state index is 12.9. The third-order valence-electron chi connectivity index (χ3n) is 5.65. The normalized spacial score (nSPS) is 20.1. The Hall–Kier alpha value is -1.59. The van der Waals surface area contributed by atoms with E-state index in [-0.39, 0.29) is 5.91 Å². The lowest BCUT2D eigenvalue weighted by Crippen LogP contribution is -2.47. The van der Waals surface area contributed by atoms with Crippen LogP contribution < -0.4 is 4.74 Å². The number of hydrogen-bond donors (Lipinski definition) is 0. The highest BCUT2D eigenvalue weighted by atomic mass is 16.5. The van der Waals surface area contributed by atoms with Gasteiger partial charge in [0.15, 0.2) is 0 Å². The molecule has 0 spiro atoms. The van der Waals surface area contributed by atoms with E-state index in [1.165, 1.54) is 25.9 Å². The lowest BCUT2D eigenvalue weighted by Gasteiger charge is -2.38. The SMILES string of the molecule is CN(C)C(=O)C1(c2ccc(OCCCN3CCCC3)cc2)CCOCC1. The Kier molecular flexibility index (Phi) is 6.54. The first-order chi connectivity index (χ1) is 12.6. The van der Waals surface area contributed by atoms with E-state index >= 15 is 0 Å². The highest BCUT2D eigenvalue weighted by Crippen LogP contribution is 2.37. The summed E-state index contributed by atoms with van der Waals surface area (Å²) in [5, 5.41) is 0. The third kappa shape index (κ3) is 4.38. The molecule has 1 amide bonds. The number of benzene rings is 1. The summed E-state index contributed by atoms with van der Waals surface area (Å²) in [6.45, 7) is 5.60. The molecule has 1 aromatic carbocycles. The van der Waals surface area contributed by atoms with Crippen molar-refractivity contribution in [3.8, 4) is 5.75 Å². The van der Waals surface area contributed by atoms with E-state index in [9.17, 15) is 4.79 Å². The Morgan fingerprint density at radius 3 is 2.42 bits per heavy atom. The van der Waals surface area contributed by atoms with Crippen LogP contribution in [0.3, 0.4) is 0 Å². The minimum atomic E-state index is -0.462. The highest BCUT2D eigenvalue weighted by molar-refractivity contribution is 5.88. The van der Waals surface area contributed by atoms with Gasteiger partial charge in [-0.3, -0.25) is 4.79 Å². The van der Waals surface area contributed by atoms with Gasteiger partial charge in [-0.2, -0.15) is 0 Å². The lowest BCUT2D eigenvalue weighted by atomic mass is 9.73. The molecule has 5 nitrogen and oxygen atoms in total. The second-order valence-corrected chi connectivity index (χ2v) is 7.67. The van der Waals surface area contributed by atoms with Gasteiger partial charge >= 0.3 is 0 Å². The van der Waals surface area contributed by atoms with Crippen LogP contribution in [0, 0.1) is 0 Å². The van der Waals surface area contributed by atoms with Crippen molar-refractivity contribution in [2.75, 3.05) is 53.6 Å². The van der Waals surface area contributed by atoms with Crippen molar-refractivity contribution in [3.63, 3.8) is 0 Å². The fourth-order valence-electron chi connectivity index (χ4n) is 4.13. The molecule has 0 radical (unpaired) electrons. The van der Waals surface area contributed by atoms with Crippen molar-refractivity contribution in [2.45, 2.75) is 37.5 Å². The monoisotopic (exact) mass is 360 g/mol. The van der Waals surface area contributed by atoms with E-state index < -0.39 is 5.41 Å². The third-order valence-corrected chi connectivity index (χ3v) is 5.65. The largest absolute Gasteiger partial charge is 0.494 e. The van der Waals surface area contributed by atoms with Gasteiger partial charge in [0.25, 0.3) is 0 Å². The first-order valence-electron chi connectivity index (χ1n) is 9.87. The van der Waals surface area contributed by atoms with Gasteiger partial charge in [-0.25, -0.2) is 0 Å². The van der Waals surface area contributed by atoms with E-state index in [2.05, 4.69) is 17.0 Å². The number of likely N-dealkylation sites (N-methyl/N-ethyl adjacent to an activating group) is 1. The van der Waals surface area contributed by atoms with Gasteiger partial charge in [0.2, 0.25) is 5.91 Å². The van der Waals surface area contributed by atoms with Gasteiger partial charge < -0.3 is 19.3 Å². The van der Waals surface area contributed by atoms with E-state index in [1.54, 1.807) is 4.90 Å². The van der Waals surface area contributed by atoms with Crippen LogP contribution in [0.5, 0.6) is 5.75 Å². The molecule has 144 valence electrons. The predicted molar refractivity (Wildman–Crippen MR) is 103 cm³/mol. The zero-order valence-corrected chi connectivity index (χ0v) is 16.2. The van der Waals surface area contributed by atoms with E-state index in [0.717, 1.165) is 43.7 Å². The van der Waals surface area contributed by atoms with Gasteiger partial charge in [0.1, 0.15) is 5.75 Å². The molecule has 0 atom stereocenters. The Morgan fingerprint density at radius 1 is 1.15 bits per heavy atom. The maximum Gasteiger partial charge on any atom is 0.232 e. The molecule has 2 aliphatic heterocycles. The van der Waals surface area contributed by atoms with Gasteiger partial charge in [-0.1, -0.05) is 12.1 Å². The number of likely N-dealkylation sites (tertiary alicyclic amines) is 1. The Balaban J connectivity index is 1.58. The van der Waals surface area contributed by atoms with E-state index in [4.69, 9.17) is 9.47 Å². The second-order valence-electron chi connectivity index (χ2n) is 7.67. The average Bonchev–Trinajstić information content (AvgIpc) is 3.19. The lowest BCUT2D eigenvalue weighted by molar-refractivity contribution is -0.138. The molecule has 26 heavy (non-hydrogen) atoms. The van der Waals surface area contributed by atoms with Crippen LogP contribution in [0.2, 0.25) is 0 Å². The first kappa shape index (κ1) is 19.2. The number of carbonyl (C=O) groups is 1. The summed E-state index contributed by atoms with van der Waals surface area (Å²) in [5.74, 6) is 1.05. The van der Waals surface area contributed by atoms with Crippen LogP contribution in [-0.2, 0) is 14.9 Å². The molecule has 0 bridgehead atoms. The molecule has 1 aromatic rings. The predicted octanol–water partition coefficient (Wildman–Crippen LogP) is 2.69. The second kappa shape index (κ2) is 8.87. The molecular formula is C21H32N2O3. The van der Waals surface area contributed by atoms with Crippen molar-refractivity contribution >= 4 is 5.91 Å². The van der Waals surface area contributed by atoms with Gasteiger partial charge in [-0.15, -0.1) is 0 Å². The zero-order chi connectivity index (χ0) is 18.4. The smallest absolute Gasteiger partial charge is 0.232 e. The molecule has 0 N–H and O–H groups in total. The Morgan fingerprint density at radius 2 is 1.81 bits per heavy atom. The van der Waals surface area contributed by atoms with E-state index in [0.29, 0.717) is 13.2 Å². The Bertz CT molecular complexity index is 573. The first-order valence-corrected chi connectivity index (χ1v) is 9.87. The standard InChI is InChI=1S/C21H32N2O3/c1-22(2)20(24)21(10-16-25-17-11-21)18-6-8-19(9-7-18)26-15-5-14-23-12-3-4-13-23/h6-9H,3-5,10-17H2,1-2H3. The summed E-state index contributed by atoms with van der Waals surface area (Å²) < 4.78 is 11.4. The van der Waals surface area contributed by atoms with Crippen LogP contribution in [0.25, 0.3) is 0 Å². The van der Waals surface area contributed by atoms with Crippen LogP contribution >= 0.6 is 0 Å². The highest BCUT2D eigenvalue weighted by Gasteiger charge is 2.42. The topological polar surface area (TPSA) is 42.0 Å². The summed E-state index contributed by atoms with van der Waals surface area (Å²) in [5.41, 5.74) is 0.611. The van der Waals surface area contributed by atoms with Crippen LogP contribution in [0.4, 0.5) is 0 Å². The van der Waals surface area contributed by atoms with Gasteiger partial charge in [0, 0.05) is 33.9 Å². The molecule has 2 aliphatic rings.